The maximum Gasteiger partial charge on any atom is 1.00 e. The number of unbranched alkanes of at least 4 members (excludes halogenated alkanes) is 12. The molecule has 1 atom stereocenters. The Morgan fingerprint density at radius 2 is 0.929 bits per heavy atom. The van der Waals surface area contributed by atoms with E-state index >= 15 is 0 Å². The molecule has 2 N–H and O–H groups in total. The number of hydrogen-bond donors (Lipinski definition) is 2. The van der Waals surface area contributed by atoms with Gasteiger partial charge >= 0.3 is 30.8 Å². The molecule has 0 aromatic heterocycles. The van der Waals surface area contributed by atoms with Crippen molar-refractivity contribution in [3.63, 3.8) is 0 Å². The van der Waals surface area contributed by atoms with Gasteiger partial charge in [0.1, 0.15) is 6.42 Å². The molecular weight excluding hydrogens is 347 g/mol. The van der Waals surface area contributed by atoms with Crippen molar-refractivity contribution in [1.82, 2.24) is 0 Å². The van der Waals surface area contributed by atoms with Crippen molar-refractivity contribution < 1.29 is 38.7 Å². The molecule has 4 nitrogen and oxygen atoms in total. The maximum absolute atomic E-state index is 9.43. The van der Waals surface area contributed by atoms with E-state index in [1.54, 1.807) is 0 Å². The molecule has 0 bridgehead atoms. The molecule has 0 radical (unpaired) electrons. The van der Waals surface area contributed by atoms with Gasteiger partial charge in [0.2, 0.25) is 0 Å². The fourth-order valence-corrected chi connectivity index (χ4v) is 3.05. The average Bonchev–Trinajstić information content (AvgIpc) is 2.59. The molecule has 0 aliphatic heterocycles. The summed E-state index contributed by atoms with van der Waals surface area (Å²) < 4.78 is 0. The van der Waals surface area contributed by atoms with Crippen LogP contribution in [0.4, 0.5) is 0 Å². The van der Waals surface area contributed by atoms with Crippen molar-refractivity contribution in [2.24, 2.45) is 5.92 Å². The van der Waals surface area contributed by atoms with Crippen molar-refractivity contribution in [2.75, 3.05) is 0 Å². The van der Waals surface area contributed by atoms with Gasteiger partial charge in [-0.2, -0.15) is 5.92 Å². The van der Waals surface area contributed by atoms with Crippen molar-refractivity contribution in [3.05, 3.63) is 6.92 Å². The van der Waals surface area contributed by atoms with E-state index in [0.29, 0.717) is 0 Å². The van der Waals surface area contributed by atoms with Crippen LogP contribution in [0.15, 0.2) is 0 Å². The van der Waals surface area contributed by atoms with Crippen LogP contribution in [-0.4, -0.2) is 22.2 Å². The van der Waals surface area contributed by atoms with Gasteiger partial charge in [-0.25, -0.2) is 0 Å². The Morgan fingerprint density at radius 3 is 1.21 bits per heavy atom. The van der Waals surface area contributed by atoms with E-state index in [2.05, 4.69) is 20.8 Å². The molecule has 0 aliphatic rings. The summed E-state index contributed by atoms with van der Waals surface area (Å²) >= 11 is 0. The van der Waals surface area contributed by atoms with Crippen LogP contribution in [0.2, 0.25) is 0 Å². The van der Waals surface area contributed by atoms with Crippen molar-refractivity contribution in [3.8, 4) is 0 Å². The first kappa shape index (κ1) is 32.2. The molecule has 28 heavy (non-hydrogen) atoms. The SMILES string of the molecule is O=C(O)CC(=O)O.[CH2-]C(CCCCCC)CCCCCCCCCCCC.[Li+]. The van der Waals surface area contributed by atoms with E-state index in [-0.39, 0.29) is 18.9 Å². The second-order valence-electron chi connectivity index (χ2n) is 7.65. The summed E-state index contributed by atoms with van der Waals surface area (Å²) in [6, 6.07) is 0. The summed E-state index contributed by atoms with van der Waals surface area (Å²) in [6.07, 6.45) is 21.9. The van der Waals surface area contributed by atoms with Crippen LogP contribution in [0.1, 0.15) is 123 Å². The van der Waals surface area contributed by atoms with Gasteiger partial charge in [0.05, 0.1) is 0 Å². The Labute approximate surface area is 186 Å². The first-order valence-corrected chi connectivity index (χ1v) is 11.2. The zero-order valence-corrected chi connectivity index (χ0v) is 19.0. The van der Waals surface area contributed by atoms with Gasteiger partial charge in [0.25, 0.3) is 0 Å². The molecule has 0 saturated carbocycles. The minimum Gasteiger partial charge on any atom is -0.481 e. The van der Waals surface area contributed by atoms with E-state index in [1.807, 2.05) is 0 Å². The second kappa shape index (κ2) is 26.5. The van der Waals surface area contributed by atoms with Gasteiger partial charge in [-0.05, 0) is 0 Å². The van der Waals surface area contributed by atoms with Crippen LogP contribution < -0.4 is 18.9 Å². The number of carboxylic acid groups (broad SMARTS) is 2. The van der Waals surface area contributed by atoms with Crippen LogP contribution in [-0.2, 0) is 9.59 Å². The molecule has 0 amide bonds. The van der Waals surface area contributed by atoms with E-state index in [0.717, 1.165) is 5.92 Å². The molecule has 0 heterocycles. The van der Waals surface area contributed by atoms with Gasteiger partial charge in [-0.3, -0.25) is 9.59 Å². The third-order valence-electron chi connectivity index (χ3n) is 4.73. The summed E-state index contributed by atoms with van der Waals surface area (Å²) in [5.74, 6) is -1.90. The third kappa shape index (κ3) is 33.1. The first-order valence-electron chi connectivity index (χ1n) is 11.2. The predicted molar refractivity (Wildman–Crippen MR) is 114 cm³/mol. The standard InChI is InChI=1S/C20H41.C3H4O4.Li/c1-4-6-8-10-11-12-13-14-15-17-19-20(3)18-16-9-7-5-2;4-2(5)1-3(6)7;/h20H,3-19H2,1-2H3;1H2,(H,4,5)(H,6,7);/q-1;;+1. The molecule has 0 aromatic carbocycles. The van der Waals surface area contributed by atoms with E-state index in [9.17, 15) is 9.59 Å². The fraction of sp³-hybridized carbons (Fsp3) is 0.870. The first-order chi connectivity index (χ1) is 12.9. The second-order valence-corrected chi connectivity index (χ2v) is 7.65. The minimum absolute atomic E-state index is 0. The van der Waals surface area contributed by atoms with Gasteiger partial charge in [-0.1, -0.05) is 117 Å². The number of aliphatic carboxylic acids is 2. The quantitative estimate of drug-likeness (QED) is 0.158. The number of carboxylic acids is 2. The summed E-state index contributed by atoms with van der Waals surface area (Å²) in [5, 5.41) is 15.4. The molecule has 0 rings (SSSR count). The van der Waals surface area contributed by atoms with E-state index in [4.69, 9.17) is 10.2 Å². The van der Waals surface area contributed by atoms with Crippen molar-refractivity contribution in [1.29, 1.82) is 0 Å². The normalized spacial score (nSPS) is 11.1. The minimum atomic E-state index is -1.31. The Hall–Kier alpha value is -0.463. The monoisotopic (exact) mass is 392 g/mol. The number of hydrogen-bond acceptors (Lipinski definition) is 2. The van der Waals surface area contributed by atoms with Gasteiger partial charge < -0.3 is 17.1 Å². The summed E-state index contributed by atoms with van der Waals surface area (Å²) in [5.41, 5.74) is 0. The molecule has 0 fully saturated rings. The number of rotatable bonds is 18. The predicted octanol–water partition coefficient (Wildman–Crippen LogP) is 4.27. The smallest absolute Gasteiger partial charge is 0.481 e. The van der Waals surface area contributed by atoms with Crippen LogP contribution in [0, 0.1) is 12.8 Å². The maximum atomic E-state index is 9.43. The summed E-state index contributed by atoms with van der Waals surface area (Å²) in [6.45, 7) is 8.89. The van der Waals surface area contributed by atoms with E-state index in [1.165, 1.54) is 103 Å². The van der Waals surface area contributed by atoms with Crippen LogP contribution in [0.5, 0.6) is 0 Å². The zero-order valence-electron chi connectivity index (χ0n) is 19.0. The van der Waals surface area contributed by atoms with Crippen molar-refractivity contribution >= 4 is 11.9 Å². The molecule has 0 spiro atoms. The van der Waals surface area contributed by atoms with Crippen molar-refractivity contribution in [2.45, 2.75) is 123 Å². The molecule has 0 saturated heterocycles. The third-order valence-corrected chi connectivity index (χ3v) is 4.73. The van der Waals surface area contributed by atoms with Crippen LogP contribution >= 0.6 is 0 Å². The van der Waals surface area contributed by atoms with Gasteiger partial charge in [0.15, 0.2) is 0 Å². The molecule has 5 heteroatoms. The largest absolute Gasteiger partial charge is 1.00 e. The van der Waals surface area contributed by atoms with Gasteiger partial charge in [0, 0.05) is 0 Å². The van der Waals surface area contributed by atoms with E-state index < -0.39 is 18.4 Å². The Morgan fingerprint density at radius 1 is 0.643 bits per heavy atom. The average molecular weight is 393 g/mol. The van der Waals surface area contributed by atoms with Crippen LogP contribution in [0.25, 0.3) is 0 Å². The summed E-state index contributed by atoms with van der Waals surface area (Å²) in [4.78, 5) is 18.9. The summed E-state index contributed by atoms with van der Waals surface area (Å²) in [7, 11) is 0. The molecular formula is C23H45LiO4. The fourth-order valence-electron chi connectivity index (χ4n) is 3.05. The van der Waals surface area contributed by atoms with Crippen LogP contribution in [0.3, 0.4) is 0 Å². The molecule has 1 unspecified atom stereocenters. The molecule has 0 aromatic rings. The molecule has 162 valence electrons. The Kier molecular flexibility index (Phi) is 30.5. The Balaban J connectivity index is -0.000000665. The number of carbonyl (C=O) groups is 2. The zero-order chi connectivity index (χ0) is 20.8. The van der Waals surface area contributed by atoms with Gasteiger partial charge in [-0.15, -0.1) is 0 Å². The topological polar surface area (TPSA) is 74.6 Å². The Bertz CT molecular complexity index is 323. The molecule has 0 aliphatic carbocycles.